The molecule has 0 aliphatic carbocycles. The molecule has 0 unspecified atom stereocenters. The third kappa shape index (κ3) is 2.09. The number of halogens is 1. The maximum absolute atomic E-state index is 9.45. The van der Waals surface area contributed by atoms with Crippen molar-refractivity contribution >= 4 is 11.6 Å². The zero-order chi connectivity index (χ0) is 10.7. The second-order valence-electron chi connectivity index (χ2n) is 2.88. The van der Waals surface area contributed by atoms with Crippen molar-refractivity contribution in [2.45, 2.75) is 29.9 Å². The highest BCUT2D eigenvalue weighted by Gasteiger charge is 2.42. The summed E-state index contributed by atoms with van der Waals surface area (Å²) in [7, 11) is 0. The van der Waals surface area contributed by atoms with Gasteiger partial charge in [0.1, 0.15) is 23.8 Å². The zero-order valence-electron chi connectivity index (χ0n) is 7.06. The Morgan fingerprint density at radius 2 is 2.07 bits per heavy atom. The fourth-order valence-electron chi connectivity index (χ4n) is 1.24. The lowest BCUT2D eigenvalue weighted by molar-refractivity contribution is -0.167. The summed E-state index contributed by atoms with van der Waals surface area (Å²) in [5.41, 5.74) is 7.11. The first-order chi connectivity index (χ1) is 6.61. The van der Waals surface area contributed by atoms with Gasteiger partial charge in [0.2, 0.25) is 0 Å². The molecular formula is C6H10ClN3O4. The summed E-state index contributed by atoms with van der Waals surface area (Å²) in [4.78, 5) is 2.47. The van der Waals surface area contributed by atoms with Crippen LogP contribution in [-0.4, -0.2) is 51.8 Å². The van der Waals surface area contributed by atoms with E-state index in [1.165, 1.54) is 0 Å². The molecule has 1 heterocycles. The topological polar surface area (TPSA) is 119 Å². The number of hydrogen-bond donors (Lipinski definition) is 3. The highest BCUT2D eigenvalue weighted by Crippen LogP contribution is 2.25. The van der Waals surface area contributed by atoms with E-state index in [4.69, 9.17) is 27.0 Å². The van der Waals surface area contributed by atoms with Crippen molar-refractivity contribution in [1.82, 2.24) is 0 Å². The van der Waals surface area contributed by atoms with Crippen molar-refractivity contribution in [3.8, 4) is 0 Å². The number of ether oxygens (including phenoxy) is 1. The van der Waals surface area contributed by atoms with E-state index in [9.17, 15) is 10.2 Å². The molecule has 0 amide bonds. The van der Waals surface area contributed by atoms with Gasteiger partial charge in [-0.2, -0.15) is 0 Å². The van der Waals surface area contributed by atoms with E-state index in [0.717, 1.165) is 0 Å². The number of hydrogen-bond acceptors (Lipinski definition) is 5. The van der Waals surface area contributed by atoms with Crippen LogP contribution in [-0.2, 0) is 4.74 Å². The molecule has 8 heteroatoms. The molecule has 3 N–H and O–H groups in total. The lowest BCUT2D eigenvalue weighted by Crippen LogP contribution is -2.56. The van der Waals surface area contributed by atoms with Gasteiger partial charge >= 0.3 is 0 Å². The minimum atomic E-state index is -1.33. The first-order valence-electron chi connectivity index (χ1n) is 3.92. The van der Waals surface area contributed by atoms with Crippen LogP contribution < -0.4 is 0 Å². The Kier molecular flexibility index (Phi) is 3.94. The third-order valence-corrected chi connectivity index (χ3v) is 2.38. The molecule has 0 radical (unpaired) electrons. The molecule has 0 bridgehead atoms. The van der Waals surface area contributed by atoms with Crippen LogP contribution in [0.5, 0.6) is 0 Å². The highest BCUT2D eigenvalue weighted by molar-refractivity contribution is 6.20. The van der Waals surface area contributed by atoms with Crippen molar-refractivity contribution in [2.24, 2.45) is 5.11 Å². The van der Waals surface area contributed by atoms with Crippen molar-refractivity contribution < 1.29 is 20.1 Å². The predicted molar refractivity (Wildman–Crippen MR) is 46.5 cm³/mol. The number of alkyl halides is 1. The van der Waals surface area contributed by atoms with E-state index in [2.05, 4.69) is 10.0 Å². The van der Waals surface area contributed by atoms with Gasteiger partial charge in [0, 0.05) is 4.91 Å². The molecule has 1 rings (SSSR count). The quantitative estimate of drug-likeness (QED) is 0.249. The van der Waals surface area contributed by atoms with Gasteiger partial charge in [-0.05, 0) is 5.53 Å². The van der Waals surface area contributed by atoms with Gasteiger partial charge < -0.3 is 20.1 Å². The molecule has 14 heavy (non-hydrogen) atoms. The van der Waals surface area contributed by atoms with Gasteiger partial charge in [0.15, 0.2) is 0 Å². The van der Waals surface area contributed by atoms with E-state index in [1.807, 2.05) is 0 Å². The van der Waals surface area contributed by atoms with Crippen molar-refractivity contribution in [3.05, 3.63) is 10.4 Å². The molecule has 1 aliphatic heterocycles. The van der Waals surface area contributed by atoms with Crippen LogP contribution in [0.4, 0.5) is 0 Å². The second kappa shape index (κ2) is 4.79. The van der Waals surface area contributed by atoms with E-state index in [-0.39, 0.29) is 0 Å². The van der Waals surface area contributed by atoms with Crippen LogP contribution in [0.15, 0.2) is 5.11 Å². The first-order valence-corrected chi connectivity index (χ1v) is 4.36. The average molecular weight is 224 g/mol. The molecule has 5 atom stereocenters. The van der Waals surface area contributed by atoms with Crippen LogP contribution in [0.2, 0.25) is 0 Å². The standard InChI is InChI=1S/C6H10ClN3O4/c7-6-3(9-10-8)5(13)4(12)2(1-11)14-6/h2-6,11-13H,1H2/t2-,3-,4+,5-,6+/m1/s1. The zero-order valence-corrected chi connectivity index (χ0v) is 7.82. The summed E-state index contributed by atoms with van der Waals surface area (Å²) in [5.74, 6) is 0. The number of aliphatic hydroxyl groups excluding tert-OH is 3. The summed E-state index contributed by atoms with van der Waals surface area (Å²) in [6, 6.07) is -1.06. The van der Waals surface area contributed by atoms with E-state index < -0.39 is 36.5 Å². The lowest BCUT2D eigenvalue weighted by Gasteiger charge is -2.37. The Balaban J connectivity index is 2.78. The molecule has 0 aromatic carbocycles. The van der Waals surface area contributed by atoms with Gasteiger partial charge in [-0.25, -0.2) is 0 Å². The summed E-state index contributed by atoms with van der Waals surface area (Å²) in [6.07, 6.45) is -3.61. The molecule has 0 spiro atoms. The number of rotatable bonds is 2. The Labute approximate surface area is 84.5 Å². The lowest BCUT2D eigenvalue weighted by atomic mass is 9.99. The van der Waals surface area contributed by atoms with Crippen LogP contribution in [0.1, 0.15) is 0 Å². The molecular weight excluding hydrogens is 214 g/mol. The van der Waals surface area contributed by atoms with E-state index >= 15 is 0 Å². The van der Waals surface area contributed by atoms with Crippen molar-refractivity contribution in [2.75, 3.05) is 6.61 Å². The summed E-state index contributed by atoms with van der Waals surface area (Å²) in [6.45, 7) is -0.468. The van der Waals surface area contributed by atoms with E-state index in [0.29, 0.717) is 0 Å². The monoisotopic (exact) mass is 223 g/mol. The molecule has 0 aromatic rings. The van der Waals surface area contributed by atoms with Crippen LogP contribution in [0.3, 0.4) is 0 Å². The van der Waals surface area contributed by atoms with Crippen LogP contribution in [0.25, 0.3) is 10.4 Å². The number of aliphatic hydroxyl groups is 3. The predicted octanol–water partition coefficient (Wildman–Crippen LogP) is -0.657. The molecule has 1 saturated heterocycles. The largest absolute Gasteiger partial charge is 0.394 e. The van der Waals surface area contributed by atoms with Gasteiger partial charge in [-0.1, -0.05) is 16.7 Å². The minimum Gasteiger partial charge on any atom is -0.394 e. The fraction of sp³-hybridized carbons (Fsp3) is 1.00. The second-order valence-corrected chi connectivity index (χ2v) is 3.32. The fourth-order valence-corrected chi connectivity index (χ4v) is 1.57. The van der Waals surface area contributed by atoms with Gasteiger partial charge in [0.25, 0.3) is 0 Å². The molecule has 0 saturated carbocycles. The Morgan fingerprint density at radius 1 is 1.43 bits per heavy atom. The average Bonchev–Trinajstić information content (AvgIpc) is 2.18. The Morgan fingerprint density at radius 3 is 2.57 bits per heavy atom. The number of nitrogens with zero attached hydrogens (tertiary/aromatic N) is 3. The highest BCUT2D eigenvalue weighted by atomic mass is 35.5. The van der Waals surface area contributed by atoms with Crippen molar-refractivity contribution in [1.29, 1.82) is 0 Å². The summed E-state index contributed by atoms with van der Waals surface area (Å²) >= 11 is 5.63. The SMILES string of the molecule is [N-]=[N+]=N[C@@H]1[C@@H](O)[C@@H](O)[C@@H](CO)O[C@@H]1Cl. The van der Waals surface area contributed by atoms with E-state index in [1.54, 1.807) is 0 Å². The number of azide groups is 1. The first kappa shape index (κ1) is 11.5. The van der Waals surface area contributed by atoms with Crippen molar-refractivity contribution in [3.63, 3.8) is 0 Å². The normalized spacial score (nSPS) is 43.0. The Bertz CT molecular complexity index is 247. The molecule has 1 fully saturated rings. The molecule has 1 aliphatic rings. The van der Waals surface area contributed by atoms with Gasteiger partial charge in [-0.15, -0.1) is 0 Å². The Hall–Kier alpha value is -0.560. The molecule has 0 aromatic heterocycles. The smallest absolute Gasteiger partial charge is 0.142 e. The van der Waals surface area contributed by atoms with Gasteiger partial charge in [-0.3, -0.25) is 0 Å². The maximum atomic E-state index is 9.45. The third-order valence-electron chi connectivity index (χ3n) is 2.02. The molecule has 80 valence electrons. The minimum absolute atomic E-state index is 0.468. The van der Waals surface area contributed by atoms with Crippen LogP contribution >= 0.6 is 11.6 Å². The summed E-state index contributed by atoms with van der Waals surface area (Å²) < 4.78 is 4.92. The molecule has 7 nitrogen and oxygen atoms in total. The maximum Gasteiger partial charge on any atom is 0.142 e. The van der Waals surface area contributed by atoms with Crippen LogP contribution in [0, 0.1) is 0 Å². The summed E-state index contributed by atoms with van der Waals surface area (Å²) in [5, 5.41) is 30.8. The van der Waals surface area contributed by atoms with Gasteiger partial charge in [0.05, 0.1) is 12.7 Å².